The minimum Gasteiger partial charge on any atom is -0.345 e. The van der Waals surface area contributed by atoms with E-state index in [0.29, 0.717) is 29.6 Å². The maximum Gasteiger partial charge on any atom is 0.233 e. The van der Waals surface area contributed by atoms with Gasteiger partial charge in [-0.05, 0) is 29.9 Å². The zero-order chi connectivity index (χ0) is 21.7. The van der Waals surface area contributed by atoms with Crippen LogP contribution in [0, 0.1) is 17.3 Å². The summed E-state index contributed by atoms with van der Waals surface area (Å²) in [7, 11) is 0. The highest BCUT2D eigenvalue weighted by molar-refractivity contribution is 5.80. The van der Waals surface area contributed by atoms with Crippen LogP contribution in [0.3, 0.4) is 0 Å². The summed E-state index contributed by atoms with van der Waals surface area (Å²) in [5.41, 5.74) is 1.51. The molecule has 30 heavy (non-hydrogen) atoms. The Morgan fingerprint density at radius 1 is 1.30 bits per heavy atom. The van der Waals surface area contributed by atoms with Gasteiger partial charge in [-0.3, -0.25) is 14.8 Å². The SMILES string of the molecule is CC(C)(C)[C@H](NC(=O)C(CC1CCCCC1)CN(O)C=O)c1nc2ccccc2[nH]1. The average molecular weight is 415 g/mol. The molecule has 164 valence electrons. The quantitative estimate of drug-likeness (QED) is 0.342. The predicted octanol–water partition coefficient (Wildman–Crippen LogP) is 4.20. The molecule has 1 saturated carbocycles. The maximum absolute atomic E-state index is 13.3. The molecule has 1 heterocycles. The Bertz CT molecular complexity index is 818. The van der Waals surface area contributed by atoms with Crippen molar-refractivity contribution in [3.63, 3.8) is 0 Å². The molecule has 7 heteroatoms. The lowest BCUT2D eigenvalue weighted by atomic mass is 9.81. The second kappa shape index (κ2) is 9.60. The van der Waals surface area contributed by atoms with Crippen molar-refractivity contribution < 1.29 is 14.8 Å². The summed E-state index contributed by atoms with van der Waals surface area (Å²) >= 11 is 0. The Morgan fingerprint density at radius 2 is 2.00 bits per heavy atom. The predicted molar refractivity (Wildman–Crippen MR) is 116 cm³/mol. The number of nitrogens with zero attached hydrogens (tertiary/aromatic N) is 2. The highest BCUT2D eigenvalue weighted by atomic mass is 16.5. The number of aromatic nitrogens is 2. The van der Waals surface area contributed by atoms with Gasteiger partial charge < -0.3 is 10.3 Å². The number of aromatic amines is 1. The van der Waals surface area contributed by atoms with E-state index in [0.717, 1.165) is 23.9 Å². The molecule has 2 atom stereocenters. The number of nitrogens with one attached hydrogen (secondary N) is 2. The fraction of sp³-hybridized carbons (Fsp3) is 0.609. The Balaban J connectivity index is 1.80. The average Bonchev–Trinajstić information content (AvgIpc) is 3.14. The number of H-pyrrole nitrogens is 1. The zero-order valence-electron chi connectivity index (χ0n) is 18.2. The molecular weight excluding hydrogens is 380 g/mol. The van der Waals surface area contributed by atoms with Crippen LogP contribution >= 0.6 is 0 Å². The van der Waals surface area contributed by atoms with Gasteiger partial charge in [0.05, 0.1) is 29.5 Å². The van der Waals surface area contributed by atoms with Crippen LogP contribution in [0.25, 0.3) is 11.0 Å². The van der Waals surface area contributed by atoms with Gasteiger partial charge in [0.15, 0.2) is 0 Å². The van der Waals surface area contributed by atoms with Gasteiger partial charge in [-0.25, -0.2) is 10.0 Å². The van der Waals surface area contributed by atoms with Crippen LogP contribution in [-0.4, -0.2) is 39.1 Å². The van der Waals surface area contributed by atoms with Gasteiger partial charge >= 0.3 is 0 Å². The van der Waals surface area contributed by atoms with Gasteiger partial charge in [0.1, 0.15) is 5.82 Å². The molecule has 0 spiro atoms. The van der Waals surface area contributed by atoms with Crippen LogP contribution in [0.2, 0.25) is 0 Å². The lowest BCUT2D eigenvalue weighted by Gasteiger charge is -2.33. The molecule has 3 N–H and O–H groups in total. The van der Waals surface area contributed by atoms with Crippen molar-refractivity contribution in [2.45, 2.75) is 65.3 Å². The topological polar surface area (TPSA) is 98.3 Å². The minimum atomic E-state index is -0.461. The molecule has 1 unspecified atom stereocenters. The van der Waals surface area contributed by atoms with Crippen molar-refractivity contribution in [1.82, 2.24) is 20.3 Å². The first-order chi connectivity index (χ1) is 14.3. The van der Waals surface area contributed by atoms with E-state index in [1.807, 2.05) is 24.3 Å². The van der Waals surface area contributed by atoms with E-state index >= 15 is 0 Å². The normalized spacial score (nSPS) is 17.5. The summed E-state index contributed by atoms with van der Waals surface area (Å²) < 4.78 is 0. The molecule has 0 radical (unpaired) electrons. The smallest absolute Gasteiger partial charge is 0.233 e. The summed E-state index contributed by atoms with van der Waals surface area (Å²) in [5.74, 6) is 0.554. The molecule has 7 nitrogen and oxygen atoms in total. The third-order valence-corrected chi connectivity index (χ3v) is 6.08. The van der Waals surface area contributed by atoms with Crippen LogP contribution in [-0.2, 0) is 9.59 Å². The number of fused-ring (bicyclic) bond motifs is 1. The fourth-order valence-corrected chi connectivity index (χ4v) is 4.42. The second-order valence-corrected chi connectivity index (χ2v) is 9.61. The first kappa shape index (κ1) is 22.3. The number of amides is 2. The molecule has 3 rings (SSSR count). The Kier molecular flexibility index (Phi) is 7.13. The van der Waals surface area contributed by atoms with E-state index in [-0.39, 0.29) is 23.9 Å². The zero-order valence-corrected chi connectivity index (χ0v) is 18.2. The Hall–Kier alpha value is -2.41. The Morgan fingerprint density at radius 3 is 2.63 bits per heavy atom. The molecule has 2 amide bonds. The molecule has 1 aliphatic carbocycles. The van der Waals surface area contributed by atoms with E-state index in [1.165, 1.54) is 19.3 Å². The van der Waals surface area contributed by atoms with Gasteiger partial charge in [-0.2, -0.15) is 0 Å². The second-order valence-electron chi connectivity index (χ2n) is 9.61. The van der Waals surface area contributed by atoms with Crippen molar-refractivity contribution >= 4 is 23.4 Å². The minimum absolute atomic E-state index is 0.00280. The summed E-state index contributed by atoms with van der Waals surface area (Å²) in [5, 5.41) is 13.5. The van der Waals surface area contributed by atoms with Gasteiger partial charge in [-0.1, -0.05) is 65.0 Å². The lowest BCUT2D eigenvalue weighted by Crippen LogP contribution is -2.44. The van der Waals surface area contributed by atoms with Gasteiger partial charge in [-0.15, -0.1) is 0 Å². The summed E-state index contributed by atoms with van der Waals surface area (Å²) in [6.07, 6.45) is 6.84. The summed E-state index contributed by atoms with van der Waals surface area (Å²) in [6, 6.07) is 7.47. The maximum atomic E-state index is 13.3. The molecule has 1 aromatic heterocycles. The molecule has 1 fully saturated rings. The molecule has 2 aromatic rings. The van der Waals surface area contributed by atoms with Gasteiger partial charge in [0.25, 0.3) is 0 Å². The van der Waals surface area contributed by atoms with Gasteiger partial charge in [0.2, 0.25) is 12.3 Å². The van der Waals surface area contributed by atoms with Crippen molar-refractivity contribution in [2.24, 2.45) is 17.3 Å². The highest BCUT2D eigenvalue weighted by Crippen LogP contribution is 2.34. The van der Waals surface area contributed by atoms with E-state index < -0.39 is 5.92 Å². The first-order valence-corrected chi connectivity index (χ1v) is 10.9. The number of hydroxylamine groups is 2. The molecular formula is C23H34N4O3. The van der Waals surface area contributed by atoms with Crippen LogP contribution < -0.4 is 5.32 Å². The number of carbonyl (C=O) groups excluding carboxylic acids is 2. The molecule has 0 aliphatic heterocycles. The number of para-hydroxylation sites is 2. The number of carbonyl (C=O) groups is 2. The molecule has 0 bridgehead atoms. The molecule has 1 aliphatic rings. The van der Waals surface area contributed by atoms with Crippen molar-refractivity contribution in [3.8, 4) is 0 Å². The van der Waals surface area contributed by atoms with E-state index in [4.69, 9.17) is 4.98 Å². The van der Waals surface area contributed by atoms with E-state index in [1.54, 1.807) is 0 Å². The monoisotopic (exact) mass is 414 g/mol. The largest absolute Gasteiger partial charge is 0.345 e. The van der Waals surface area contributed by atoms with E-state index in [9.17, 15) is 14.8 Å². The fourth-order valence-electron chi connectivity index (χ4n) is 4.42. The molecule has 1 aromatic carbocycles. The number of rotatable bonds is 8. The number of hydrogen-bond acceptors (Lipinski definition) is 4. The Labute approximate surface area is 178 Å². The standard InChI is InChI=1S/C23H34N4O3/c1-23(2,3)20(21-24-18-11-7-8-12-19(18)25-21)26-22(29)17(14-27(30)15-28)13-16-9-5-4-6-10-16/h7-8,11-12,15-17,20,30H,4-6,9-10,13-14H2,1-3H3,(H,24,25)(H,26,29)/t17?,20-/m1/s1. The van der Waals surface area contributed by atoms with Crippen LogP contribution in [0.4, 0.5) is 0 Å². The number of hydrogen-bond donors (Lipinski definition) is 3. The summed E-state index contributed by atoms with van der Waals surface area (Å²) in [4.78, 5) is 32.3. The van der Waals surface area contributed by atoms with Crippen LogP contribution in [0.1, 0.15) is 71.2 Å². The number of imidazole rings is 1. The number of benzene rings is 1. The van der Waals surface area contributed by atoms with Crippen molar-refractivity contribution in [1.29, 1.82) is 0 Å². The third-order valence-electron chi connectivity index (χ3n) is 6.08. The van der Waals surface area contributed by atoms with Crippen LogP contribution in [0.15, 0.2) is 24.3 Å². The lowest BCUT2D eigenvalue weighted by molar-refractivity contribution is -0.155. The van der Waals surface area contributed by atoms with Crippen LogP contribution in [0.5, 0.6) is 0 Å². The molecule has 0 saturated heterocycles. The van der Waals surface area contributed by atoms with Crippen molar-refractivity contribution in [3.05, 3.63) is 30.1 Å². The summed E-state index contributed by atoms with van der Waals surface area (Å²) in [6.45, 7) is 6.18. The van der Waals surface area contributed by atoms with Gasteiger partial charge in [0, 0.05) is 0 Å². The van der Waals surface area contributed by atoms with Crippen molar-refractivity contribution in [2.75, 3.05) is 6.54 Å². The first-order valence-electron chi connectivity index (χ1n) is 10.9. The van der Waals surface area contributed by atoms with E-state index in [2.05, 4.69) is 31.1 Å². The third kappa shape index (κ3) is 5.59. The highest BCUT2D eigenvalue weighted by Gasteiger charge is 2.34.